The van der Waals surface area contributed by atoms with Crippen molar-refractivity contribution in [2.75, 3.05) is 6.61 Å². The fourth-order valence-corrected chi connectivity index (χ4v) is 4.44. The van der Waals surface area contributed by atoms with Crippen molar-refractivity contribution < 1.29 is 37.3 Å². The Kier molecular flexibility index (Phi) is 6.23. The van der Waals surface area contributed by atoms with Crippen LogP contribution >= 0.6 is 0 Å². The molecule has 0 radical (unpaired) electrons. The third-order valence-corrected chi connectivity index (χ3v) is 6.67. The number of alkyl halides is 3. The molecule has 2 aliphatic carbocycles. The summed E-state index contributed by atoms with van der Waals surface area (Å²) in [7, 11) is 0. The highest BCUT2D eigenvalue weighted by Crippen LogP contribution is 2.59. The van der Waals surface area contributed by atoms with Crippen molar-refractivity contribution >= 4 is 5.97 Å². The largest absolute Gasteiger partial charge is 0.463 e. The topological polar surface area (TPSA) is 65.0 Å². The molecule has 1 spiro atoms. The van der Waals surface area contributed by atoms with Gasteiger partial charge in [-0.25, -0.2) is 4.79 Å². The minimum Gasteiger partial charge on any atom is -0.463 e. The summed E-state index contributed by atoms with van der Waals surface area (Å²) in [5.41, 5.74) is -4.26. The Labute approximate surface area is 180 Å². The average molecular weight is 444 g/mol. The van der Waals surface area contributed by atoms with E-state index in [1.54, 1.807) is 20.8 Å². The first-order chi connectivity index (χ1) is 14.3. The number of ether oxygens (including phenoxy) is 3. The summed E-state index contributed by atoms with van der Waals surface area (Å²) in [4.78, 5) is 11.9. The molecule has 1 saturated carbocycles. The van der Waals surface area contributed by atoms with Gasteiger partial charge in [-0.1, -0.05) is 6.08 Å². The van der Waals surface area contributed by atoms with E-state index in [1.165, 1.54) is 25.2 Å². The van der Waals surface area contributed by atoms with Gasteiger partial charge in [0.15, 0.2) is 5.79 Å². The van der Waals surface area contributed by atoms with Crippen LogP contribution in [0.25, 0.3) is 0 Å². The maximum absolute atomic E-state index is 14.4. The zero-order valence-corrected chi connectivity index (χ0v) is 18.6. The standard InChI is InChI=1S/C23H31F3O5/c1-6-29-19(27)11-18(17-7-8-17)9-10-22(28)14(2)12-21(30-15(3)16(4)31-21)13-20(22,5)23(24,25)26/h9-12,15-17,28H,6-8,13H2,1-5H3. The lowest BCUT2D eigenvalue weighted by Crippen LogP contribution is -2.61. The highest BCUT2D eigenvalue weighted by Gasteiger charge is 2.69. The van der Waals surface area contributed by atoms with Gasteiger partial charge in [0.05, 0.1) is 18.8 Å². The van der Waals surface area contributed by atoms with Gasteiger partial charge in [0, 0.05) is 12.5 Å². The van der Waals surface area contributed by atoms with Crippen LogP contribution in [0.15, 0.2) is 35.5 Å². The van der Waals surface area contributed by atoms with Gasteiger partial charge < -0.3 is 19.3 Å². The molecule has 1 heterocycles. The molecule has 174 valence electrons. The summed E-state index contributed by atoms with van der Waals surface area (Å²) in [5.74, 6) is -2.03. The Morgan fingerprint density at radius 3 is 2.35 bits per heavy atom. The van der Waals surface area contributed by atoms with Crippen molar-refractivity contribution in [3.8, 4) is 0 Å². The van der Waals surface area contributed by atoms with Crippen LogP contribution < -0.4 is 0 Å². The lowest BCUT2D eigenvalue weighted by molar-refractivity contribution is -0.296. The molecule has 3 rings (SSSR count). The van der Waals surface area contributed by atoms with Gasteiger partial charge in [0.25, 0.3) is 0 Å². The fourth-order valence-electron chi connectivity index (χ4n) is 4.44. The zero-order valence-electron chi connectivity index (χ0n) is 18.6. The molecule has 0 bridgehead atoms. The van der Waals surface area contributed by atoms with Gasteiger partial charge >= 0.3 is 12.1 Å². The highest BCUT2D eigenvalue weighted by atomic mass is 19.4. The fraction of sp³-hybridized carbons (Fsp3) is 0.696. The summed E-state index contributed by atoms with van der Waals surface area (Å²) >= 11 is 0. The predicted molar refractivity (Wildman–Crippen MR) is 108 cm³/mol. The third-order valence-electron chi connectivity index (χ3n) is 6.67. The lowest BCUT2D eigenvalue weighted by Gasteiger charge is -2.51. The van der Waals surface area contributed by atoms with Gasteiger partial charge in [-0.05, 0) is 76.7 Å². The van der Waals surface area contributed by atoms with Gasteiger partial charge in [0.1, 0.15) is 11.0 Å². The van der Waals surface area contributed by atoms with Crippen LogP contribution in [-0.2, 0) is 19.0 Å². The number of carbonyl (C=O) groups excluding carboxylic acids is 1. The van der Waals surface area contributed by atoms with E-state index in [2.05, 4.69) is 0 Å². The molecule has 8 heteroatoms. The molecule has 1 N–H and O–H groups in total. The molecule has 4 unspecified atom stereocenters. The second-order valence-corrected chi connectivity index (χ2v) is 9.06. The first kappa shape index (κ1) is 24.0. The molecule has 1 saturated heterocycles. The van der Waals surface area contributed by atoms with Crippen LogP contribution in [-0.4, -0.2) is 47.5 Å². The number of allylic oxidation sites excluding steroid dienone is 2. The van der Waals surface area contributed by atoms with E-state index in [-0.39, 0.29) is 30.3 Å². The van der Waals surface area contributed by atoms with Gasteiger partial charge in [0.2, 0.25) is 0 Å². The number of aliphatic hydroxyl groups is 1. The van der Waals surface area contributed by atoms with Crippen LogP contribution in [0, 0.1) is 11.3 Å². The molecule has 3 aliphatic rings. The third kappa shape index (κ3) is 4.34. The quantitative estimate of drug-likeness (QED) is 0.290. The summed E-state index contributed by atoms with van der Waals surface area (Å²) in [5, 5.41) is 11.4. The van der Waals surface area contributed by atoms with E-state index >= 15 is 0 Å². The second kappa shape index (κ2) is 8.05. The highest BCUT2D eigenvalue weighted by molar-refractivity contribution is 5.83. The molecule has 0 aromatic carbocycles. The molecular formula is C23H31F3O5. The molecule has 5 nitrogen and oxygen atoms in total. The van der Waals surface area contributed by atoms with Crippen LogP contribution in [0.1, 0.15) is 53.9 Å². The van der Waals surface area contributed by atoms with Crippen molar-refractivity contribution in [2.45, 2.75) is 83.7 Å². The van der Waals surface area contributed by atoms with Gasteiger partial charge in [-0.2, -0.15) is 13.2 Å². The van der Waals surface area contributed by atoms with Crippen LogP contribution in [0.2, 0.25) is 0 Å². The lowest BCUT2D eigenvalue weighted by atomic mass is 9.61. The van der Waals surface area contributed by atoms with E-state index in [0.717, 1.165) is 25.8 Å². The Hall–Kier alpha value is -1.64. The molecule has 0 aromatic rings. The minimum absolute atomic E-state index is 0.0730. The summed E-state index contributed by atoms with van der Waals surface area (Å²) in [6.45, 7) is 7.81. The van der Waals surface area contributed by atoms with E-state index in [0.29, 0.717) is 5.57 Å². The van der Waals surface area contributed by atoms with Gasteiger partial charge in [-0.15, -0.1) is 0 Å². The minimum atomic E-state index is -4.75. The van der Waals surface area contributed by atoms with E-state index in [1.807, 2.05) is 0 Å². The molecule has 4 atom stereocenters. The van der Waals surface area contributed by atoms with Crippen LogP contribution in [0.4, 0.5) is 13.2 Å². The van der Waals surface area contributed by atoms with Crippen molar-refractivity contribution in [1.29, 1.82) is 0 Å². The van der Waals surface area contributed by atoms with E-state index < -0.39 is 35.4 Å². The monoisotopic (exact) mass is 444 g/mol. The summed E-state index contributed by atoms with van der Waals surface area (Å²) in [6, 6.07) is 0. The first-order valence-corrected chi connectivity index (χ1v) is 10.7. The number of halogens is 3. The smallest absolute Gasteiger partial charge is 0.397 e. The first-order valence-electron chi connectivity index (χ1n) is 10.7. The van der Waals surface area contributed by atoms with Crippen LogP contribution in [0.3, 0.4) is 0 Å². The maximum atomic E-state index is 14.4. The maximum Gasteiger partial charge on any atom is 0.397 e. The molecule has 2 fully saturated rings. The Balaban J connectivity index is 2.03. The molecule has 0 aromatic heterocycles. The van der Waals surface area contributed by atoms with Crippen molar-refractivity contribution in [3.05, 3.63) is 35.5 Å². The number of esters is 1. The Morgan fingerprint density at radius 2 is 1.87 bits per heavy atom. The van der Waals surface area contributed by atoms with Crippen LogP contribution in [0.5, 0.6) is 0 Å². The summed E-state index contributed by atoms with van der Waals surface area (Å²) in [6.07, 6.45) is 0.908. The van der Waals surface area contributed by atoms with E-state index in [4.69, 9.17) is 14.2 Å². The number of hydrogen-bond donors (Lipinski definition) is 1. The molecule has 0 amide bonds. The SMILES string of the molecule is CCOC(=O)C=C(C=CC1(O)C(C)=CC2(CC1(C)C(F)(F)F)OC(C)C(C)O2)C1CC1. The number of carbonyl (C=O) groups is 1. The second-order valence-electron chi connectivity index (χ2n) is 9.06. The molecule has 31 heavy (non-hydrogen) atoms. The number of rotatable bonds is 5. The zero-order chi connectivity index (χ0) is 23.2. The normalized spacial score (nSPS) is 39.3. The number of hydrogen-bond acceptors (Lipinski definition) is 5. The summed E-state index contributed by atoms with van der Waals surface area (Å²) < 4.78 is 59.8. The Morgan fingerprint density at radius 1 is 1.29 bits per heavy atom. The van der Waals surface area contributed by atoms with Crippen molar-refractivity contribution in [3.63, 3.8) is 0 Å². The average Bonchev–Trinajstić information content (AvgIpc) is 3.43. The van der Waals surface area contributed by atoms with Crippen molar-refractivity contribution in [1.82, 2.24) is 0 Å². The molecule has 1 aliphatic heterocycles. The predicted octanol–water partition coefficient (Wildman–Crippen LogP) is 4.61. The van der Waals surface area contributed by atoms with E-state index in [9.17, 15) is 23.1 Å². The van der Waals surface area contributed by atoms with Gasteiger partial charge in [-0.3, -0.25) is 0 Å². The van der Waals surface area contributed by atoms with Crippen molar-refractivity contribution in [2.24, 2.45) is 11.3 Å². The Bertz CT molecular complexity index is 801. The molecular weight excluding hydrogens is 413 g/mol.